The summed E-state index contributed by atoms with van der Waals surface area (Å²) in [6.07, 6.45) is 6.52. The number of nitriles is 1. The molecule has 0 bridgehead atoms. The predicted molar refractivity (Wildman–Crippen MR) is 43.3 cm³/mol. The Morgan fingerprint density at radius 1 is 1.67 bits per heavy atom. The second-order valence-electron chi connectivity index (χ2n) is 1.95. The normalized spacial score (nSPS) is 8.17. The third-order valence-corrected chi connectivity index (χ3v) is 1.19. The Labute approximate surface area is 70.6 Å². The third kappa shape index (κ3) is 1.74. The van der Waals surface area contributed by atoms with Crippen molar-refractivity contribution in [3.8, 4) is 24.2 Å². The smallest absolute Gasteiger partial charge is 0.182 e. The van der Waals surface area contributed by atoms with E-state index in [0.29, 0.717) is 5.75 Å². The van der Waals surface area contributed by atoms with E-state index in [1.807, 2.05) is 6.07 Å². The average Bonchev–Trinajstić information content (AvgIpc) is 2.15. The monoisotopic (exact) mass is 158 g/mol. The fourth-order valence-corrected chi connectivity index (χ4v) is 0.710. The quantitative estimate of drug-likeness (QED) is 0.602. The zero-order chi connectivity index (χ0) is 8.81. The van der Waals surface area contributed by atoms with Crippen LogP contribution in [0.3, 0.4) is 0 Å². The minimum Gasteiger partial charge on any atom is -0.478 e. The molecule has 0 radical (unpaired) electrons. The van der Waals surface area contributed by atoms with Gasteiger partial charge in [0.25, 0.3) is 0 Å². The molecule has 1 heterocycles. The van der Waals surface area contributed by atoms with Gasteiger partial charge in [0.2, 0.25) is 0 Å². The van der Waals surface area contributed by atoms with E-state index in [9.17, 15) is 0 Å². The molecule has 0 aliphatic rings. The molecule has 1 aromatic rings. The van der Waals surface area contributed by atoms with Crippen molar-refractivity contribution in [1.29, 1.82) is 5.26 Å². The van der Waals surface area contributed by atoms with Crippen LogP contribution >= 0.6 is 0 Å². The van der Waals surface area contributed by atoms with Gasteiger partial charge in [0.1, 0.15) is 12.7 Å². The summed E-state index contributed by atoms with van der Waals surface area (Å²) in [6, 6.07) is 5.24. The number of rotatable bonds is 2. The Kier molecular flexibility index (Phi) is 2.70. The summed E-state index contributed by atoms with van der Waals surface area (Å²) in [5, 5.41) is 8.57. The number of ether oxygens (including phenoxy) is 1. The fourth-order valence-electron chi connectivity index (χ4n) is 0.710. The highest BCUT2D eigenvalue weighted by Crippen LogP contribution is 2.12. The van der Waals surface area contributed by atoms with Crippen LogP contribution in [0.1, 0.15) is 5.69 Å². The molecular weight excluding hydrogens is 152 g/mol. The van der Waals surface area contributed by atoms with Crippen molar-refractivity contribution in [2.24, 2.45) is 0 Å². The Hall–Kier alpha value is -2.00. The first kappa shape index (κ1) is 8.10. The van der Waals surface area contributed by atoms with Gasteiger partial charge in [0.15, 0.2) is 11.4 Å². The standard InChI is InChI=1S/C9H6N2O/c1-2-6-12-9-4-3-5-11-8(9)7-10/h1,3-5H,6H2. The summed E-state index contributed by atoms with van der Waals surface area (Å²) in [5.41, 5.74) is 0.257. The van der Waals surface area contributed by atoms with E-state index in [0.717, 1.165) is 0 Å². The molecule has 3 heteroatoms. The number of nitrogens with zero attached hydrogens (tertiary/aromatic N) is 2. The molecule has 0 saturated heterocycles. The van der Waals surface area contributed by atoms with E-state index in [-0.39, 0.29) is 12.3 Å². The van der Waals surface area contributed by atoms with Crippen LogP contribution in [0.5, 0.6) is 5.75 Å². The number of terminal acetylenes is 1. The highest BCUT2D eigenvalue weighted by atomic mass is 16.5. The van der Waals surface area contributed by atoms with Crippen LogP contribution in [-0.4, -0.2) is 11.6 Å². The maximum atomic E-state index is 8.57. The largest absolute Gasteiger partial charge is 0.478 e. The SMILES string of the molecule is C#CCOc1cccnc1C#N. The van der Waals surface area contributed by atoms with Gasteiger partial charge in [-0.25, -0.2) is 4.98 Å². The third-order valence-electron chi connectivity index (χ3n) is 1.19. The molecule has 12 heavy (non-hydrogen) atoms. The van der Waals surface area contributed by atoms with Crippen LogP contribution in [0.4, 0.5) is 0 Å². The van der Waals surface area contributed by atoms with Gasteiger partial charge in [0.05, 0.1) is 0 Å². The van der Waals surface area contributed by atoms with Crippen LogP contribution < -0.4 is 4.74 Å². The van der Waals surface area contributed by atoms with Crippen molar-refractivity contribution in [2.75, 3.05) is 6.61 Å². The van der Waals surface area contributed by atoms with Crippen LogP contribution in [0.25, 0.3) is 0 Å². The lowest BCUT2D eigenvalue weighted by Gasteiger charge is -2.01. The summed E-state index contributed by atoms with van der Waals surface area (Å²) in [6.45, 7) is 0.153. The minimum absolute atomic E-state index is 0.153. The molecule has 0 fully saturated rings. The van der Waals surface area contributed by atoms with Crippen LogP contribution in [0, 0.1) is 23.7 Å². The van der Waals surface area contributed by atoms with E-state index in [1.54, 1.807) is 12.1 Å². The van der Waals surface area contributed by atoms with Gasteiger partial charge in [-0.05, 0) is 12.1 Å². The van der Waals surface area contributed by atoms with Gasteiger partial charge in [-0.3, -0.25) is 0 Å². The molecule has 1 aromatic heterocycles. The number of aromatic nitrogens is 1. The lowest BCUT2D eigenvalue weighted by molar-refractivity contribution is 0.367. The maximum absolute atomic E-state index is 8.57. The maximum Gasteiger partial charge on any atom is 0.182 e. The van der Waals surface area contributed by atoms with Gasteiger partial charge < -0.3 is 4.74 Å². The molecule has 3 nitrogen and oxygen atoms in total. The predicted octanol–water partition coefficient (Wildman–Crippen LogP) is 0.965. The summed E-state index contributed by atoms with van der Waals surface area (Å²) < 4.78 is 5.06. The van der Waals surface area contributed by atoms with E-state index >= 15 is 0 Å². The molecule has 0 aliphatic carbocycles. The molecule has 0 amide bonds. The van der Waals surface area contributed by atoms with E-state index in [4.69, 9.17) is 16.4 Å². The van der Waals surface area contributed by atoms with Crippen LogP contribution in [0.2, 0.25) is 0 Å². The van der Waals surface area contributed by atoms with Gasteiger partial charge in [0, 0.05) is 6.20 Å². The van der Waals surface area contributed by atoms with Gasteiger partial charge >= 0.3 is 0 Å². The van der Waals surface area contributed by atoms with Crippen LogP contribution in [0.15, 0.2) is 18.3 Å². The summed E-state index contributed by atoms with van der Waals surface area (Å²) in [7, 11) is 0. The molecule has 58 valence electrons. The lowest BCUT2D eigenvalue weighted by Crippen LogP contribution is -1.96. The summed E-state index contributed by atoms with van der Waals surface area (Å²) >= 11 is 0. The minimum atomic E-state index is 0.153. The Morgan fingerprint density at radius 2 is 2.50 bits per heavy atom. The van der Waals surface area contributed by atoms with Crippen molar-refractivity contribution < 1.29 is 4.74 Å². The van der Waals surface area contributed by atoms with Crippen molar-refractivity contribution >= 4 is 0 Å². The van der Waals surface area contributed by atoms with Gasteiger partial charge in [-0.15, -0.1) is 6.42 Å². The lowest BCUT2D eigenvalue weighted by atomic mass is 10.3. The Morgan fingerprint density at radius 3 is 3.17 bits per heavy atom. The average molecular weight is 158 g/mol. The second kappa shape index (κ2) is 4.00. The zero-order valence-corrected chi connectivity index (χ0v) is 6.32. The van der Waals surface area contributed by atoms with E-state index in [1.165, 1.54) is 6.20 Å². The van der Waals surface area contributed by atoms with Crippen LogP contribution in [-0.2, 0) is 0 Å². The molecule has 0 saturated carbocycles. The topological polar surface area (TPSA) is 45.9 Å². The number of hydrogen-bond acceptors (Lipinski definition) is 3. The molecule has 0 N–H and O–H groups in total. The van der Waals surface area contributed by atoms with Crippen molar-refractivity contribution in [2.45, 2.75) is 0 Å². The molecule has 0 atom stereocenters. The van der Waals surface area contributed by atoms with Crippen molar-refractivity contribution in [1.82, 2.24) is 4.98 Å². The highest BCUT2D eigenvalue weighted by molar-refractivity contribution is 5.36. The highest BCUT2D eigenvalue weighted by Gasteiger charge is 2.00. The zero-order valence-electron chi connectivity index (χ0n) is 6.32. The second-order valence-corrected chi connectivity index (χ2v) is 1.95. The molecular formula is C9H6N2O. The first-order chi connectivity index (χ1) is 5.88. The summed E-state index contributed by atoms with van der Waals surface area (Å²) in [4.78, 5) is 3.80. The van der Waals surface area contributed by atoms with Gasteiger partial charge in [-0.2, -0.15) is 5.26 Å². The van der Waals surface area contributed by atoms with E-state index < -0.39 is 0 Å². The Bertz CT molecular complexity index is 346. The van der Waals surface area contributed by atoms with Crippen molar-refractivity contribution in [3.05, 3.63) is 24.0 Å². The summed E-state index contributed by atoms with van der Waals surface area (Å²) in [5.74, 6) is 2.74. The van der Waals surface area contributed by atoms with E-state index in [2.05, 4.69) is 10.9 Å². The number of pyridine rings is 1. The molecule has 0 spiro atoms. The fraction of sp³-hybridized carbons (Fsp3) is 0.111. The van der Waals surface area contributed by atoms with Crippen molar-refractivity contribution in [3.63, 3.8) is 0 Å². The first-order valence-electron chi connectivity index (χ1n) is 3.30. The first-order valence-corrected chi connectivity index (χ1v) is 3.30. The van der Waals surface area contributed by atoms with Gasteiger partial charge in [-0.1, -0.05) is 5.92 Å². The number of hydrogen-bond donors (Lipinski definition) is 0. The molecule has 1 rings (SSSR count). The molecule has 0 aromatic carbocycles. The molecule has 0 aliphatic heterocycles. The molecule has 0 unspecified atom stereocenters. The Balaban J connectivity index is 2.86.